The topological polar surface area (TPSA) is 30.5 Å². The Labute approximate surface area is 123 Å². The van der Waals surface area contributed by atoms with Crippen molar-refractivity contribution in [1.29, 1.82) is 0 Å². The maximum absolute atomic E-state index is 5.88. The molecule has 0 amide bonds. The van der Waals surface area contributed by atoms with Crippen molar-refractivity contribution in [3.05, 3.63) is 29.8 Å². The van der Waals surface area contributed by atoms with Gasteiger partial charge in [-0.05, 0) is 38.8 Å². The molecule has 1 aromatic carbocycles. The molecule has 3 heteroatoms. The van der Waals surface area contributed by atoms with Gasteiger partial charge in [0.1, 0.15) is 5.75 Å². The zero-order chi connectivity index (χ0) is 14.8. The minimum Gasteiger partial charge on any atom is -0.493 e. The van der Waals surface area contributed by atoms with Crippen molar-refractivity contribution in [3.63, 3.8) is 0 Å². The molecule has 0 aliphatic rings. The molecule has 3 nitrogen and oxygen atoms in total. The van der Waals surface area contributed by atoms with Gasteiger partial charge in [0.05, 0.1) is 12.7 Å². The van der Waals surface area contributed by atoms with Crippen molar-refractivity contribution >= 4 is 0 Å². The molecular formula is C17H29NO2. The molecule has 0 spiro atoms. The van der Waals surface area contributed by atoms with Crippen LogP contribution < -0.4 is 10.1 Å². The monoisotopic (exact) mass is 279 g/mol. The van der Waals surface area contributed by atoms with Gasteiger partial charge >= 0.3 is 0 Å². The molecule has 20 heavy (non-hydrogen) atoms. The van der Waals surface area contributed by atoms with Crippen LogP contribution >= 0.6 is 0 Å². The highest BCUT2D eigenvalue weighted by Crippen LogP contribution is 2.28. The number of hydrogen-bond acceptors (Lipinski definition) is 3. The predicted octanol–water partition coefficient (Wildman–Crippen LogP) is 3.94. The molecule has 1 aromatic rings. The summed E-state index contributed by atoms with van der Waals surface area (Å²) in [5, 5.41) is 3.56. The van der Waals surface area contributed by atoms with Crippen LogP contribution in [0, 0.1) is 0 Å². The first-order valence-corrected chi connectivity index (χ1v) is 7.70. The van der Waals surface area contributed by atoms with Crippen molar-refractivity contribution in [3.8, 4) is 5.75 Å². The zero-order valence-corrected chi connectivity index (χ0v) is 13.3. The van der Waals surface area contributed by atoms with Gasteiger partial charge in [0, 0.05) is 18.7 Å². The van der Waals surface area contributed by atoms with Gasteiger partial charge in [-0.15, -0.1) is 0 Å². The van der Waals surface area contributed by atoms with Gasteiger partial charge in [-0.25, -0.2) is 0 Å². The van der Waals surface area contributed by atoms with Crippen molar-refractivity contribution in [2.75, 3.05) is 20.3 Å². The Bertz CT molecular complexity index is 368. The number of para-hydroxylation sites is 1. The lowest BCUT2D eigenvalue weighted by Gasteiger charge is -2.22. The Kier molecular flexibility index (Phi) is 8.31. The summed E-state index contributed by atoms with van der Waals surface area (Å²) in [5.74, 6) is 1.00. The zero-order valence-electron chi connectivity index (χ0n) is 13.3. The minimum absolute atomic E-state index is 0.292. The largest absolute Gasteiger partial charge is 0.493 e. The second kappa shape index (κ2) is 9.78. The van der Waals surface area contributed by atoms with E-state index in [1.807, 2.05) is 6.07 Å². The maximum atomic E-state index is 5.88. The van der Waals surface area contributed by atoms with E-state index >= 15 is 0 Å². The van der Waals surface area contributed by atoms with Crippen molar-refractivity contribution in [2.24, 2.45) is 0 Å². The quantitative estimate of drug-likeness (QED) is 0.703. The number of benzene rings is 1. The van der Waals surface area contributed by atoms with Crippen LogP contribution in [-0.4, -0.2) is 26.4 Å². The number of ether oxygens (including phenoxy) is 2. The summed E-state index contributed by atoms with van der Waals surface area (Å²) in [6.07, 6.45) is 3.41. The Morgan fingerprint density at radius 1 is 1.15 bits per heavy atom. The normalized spacial score (nSPS) is 14.0. The Morgan fingerprint density at radius 3 is 2.55 bits per heavy atom. The number of nitrogens with one attached hydrogen (secondary N) is 1. The first kappa shape index (κ1) is 17.0. The fourth-order valence-electron chi connectivity index (χ4n) is 2.25. The van der Waals surface area contributed by atoms with E-state index in [1.54, 1.807) is 7.11 Å². The van der Waals surface area contributed by atoms with Crippen LogP contribution in [0.5, 0.6) is 5.75 Å². The van der Waals surface area contributed by atoms with Gasteiger partial charge < -0.3 is 14.8 Å². The van der Waals surface area contributed by atoms with Crippen LogP contribution in [0.2, 0.25) is 0 Å². The van der Waals surface area contributed by atoms with Crippen LogP contribution in [-0.2, 0) is 4.74 Å². The molecule has 1 N–H and O–H groups in total. The second-order valence-electron chi connectivity index (χ2n) is 5.12. The van der Waals surface area contributed by atoms with Crippen LogP contribution in [0.4, 0.5) is 0 Å². The van der Waals surface area contributed by atoms with Crippen molar-refractivity contribution < 1.29 is 9.47 Å². The minimum atomic E-state index is 0.292. The van der Waals surface area contributed by atoms with Gasteiger partial charge in [0.25, 0.3) is 0 Å². The standard InChI is InChI=1S/C17H29NO2/c1-5-13-20-17-10-8-7-9-15(17)16(18-6-2)12-11-14(3)19-4/h7-10,14,16,18H,5-6,11-13H2,1-4H3. The summed E-state index contributed by atoms with van der Waals surface area (Å²) in [5.41, 5.74) is 1.26. The molecule has 0 fully saturated rings. The summed E-state index contributed by atoms with van der Waals surface area (Å²) in [7, 11) is 1.77. The average Bonchev–Trinajstić information content (AvgIpc) is 2.49. The highest BCUT2D eigenvalue weighted by Gasteiger charge is 2.16. The summed E-state index contributed by atoms with van der Waals surface area (Å²) in [6, 6.07) is 8.67. The lowest BCUT2D eigenvalue weighted by Crippen LogP contribution is -2.23. The van der Waals surface area contributed by atoms with E-state index in [4.69, 9.17) is 9.47 Å². The third-order valence-electron chi connectivity index (χ3n) is 3.47. The molecule has 114 valence electrons. The molecule has 2 unspecified atom stereocenters. The van der Waals surface area contributed by atoms with E-state index in [0.29, 0.717) is 12.1 Å². The molecule has 0 heterocycles. The third kappa shape index (κ3) is 5.51. The second-order valence-corrected chi connectivity index (χ2v) is 5.12. The van der Waals surface area contributed by atoms with Crippen LogP contribution in [0.3, 0.4) is 0 Å². The van der Waals surface area contributed by atoms with E-state index in [9.17, 15) is 0 Å². The van der Waals surface area contributed by atoms with Crippen molar-refractivity contribution in [2.45, 2.75) is 52.2 Å². The Hall–Kier alpha value is -1.06. The van der Waals surface area contributed by atoms with Crippen LogP contribution in [0.25, 0.3) is 0 Å². The summed E-state index contributed by atoms with van der Waals surface area (Å²) in [6.45, 7) is 8.11. The highest BCUT2D eigenvalue weighted by molar-refractivity contribution is 5.36. The molecule has 0 aliphatic heterocycles. The van der Waals surface area contributed by atoms with Crippen molar-refractivity contribution in [1.82, 2.24) is 5.32 Å². The number of hydrogen-bond donors (Lipinski definition) is 1. The SMILES string of the molecule is CCCOc1ccccc1C(CCC(C)OC)NCC. The molecule has 0 saturated carbocycles. The average molecular weight is 279 g/mol. The molecule has 0 radical (unpaired) electrons. The first-order valence-electron chi connectivity index (χ1n) is 7.70. The fraction of sp³-hybridized carbons (Fsp3) is 0.647. The lowest BCUT2D eigenvalue weighted by molar-refractivity contribution is 0.106. The molecule has 0 aromatic heterocycles. The summed E-state index contributed by atoms with van der Waals surface area (Å²) >= 11 is 0. The molecule has 0 saturated heterocycles. The van der Waals surface area contributed by atoms with Crippen LogP contribution in [0.1, 0.15) is 51.6 Å². The first-order chi connectivity index (χ1) is 9.72. The van der Waals surface area contributed by atoms with Gasteiger partial charge in [-0.3, -0.25) is 0 Å². The number of methoxy groups -OCH3 is 1. The molecule has 2 atom stereocenters. The smallest absolute Gasteiger partial charge is 0.124 e. The van der Waals surface area contributed by atoms with E-state index in [1.165, 1.54) is 5.56 Å². The predicted molar refractivity (Wildman–Crippen MR) is 84.4 cm³/mol. The maximum Gasteiger partial charge on any atom is 0.124 e. The Morgan fingerprint density at radius 2 is 1.90 bits per heavy atom. The number of rotatable bonds is 10. The molecule has 0 aliphatic carbocycles. The molecular weight excluding hydrogens is 250 g/mol. The van der Waals surface area contributed by atoms with Gasteiger partial charge in [0.2, 0.25) is 0 Å². The summed E-state index contributed by atoms with van der Waals surface area (Å²) < 4.78 is 11.2. The Balaban J connectivity index is 2.78. The van der Waals surface area contributed by atoms with E-state index < -0.39 is 0 Å². The summed E-state index contributed by atoms with van der Waals surface area (Å²) in [4.78, 5) is 0. The van der Waals surface area contributed by atoms with E-state index in [0.717, 1.165) is 38.2 Å². The van der Waals surface area contributed by atoms with Gasteiger partial charge in [0.15, 0.2) is 0 Å². The van der Waals surface area contributed by atoms with E-state index in [2.05, 4.69) is 44.3 Å². The fourth-order valence-corrected chi connectivity index (χ4v) is 2.25. The van der Waals surface area contributed by atoms with Crippen LogP contribution in [0.15, 0.2) is 24.3 Å². The third-order valence-corrected chi connectivity index (χ3v) is 3.47. The highest BCUT2D eigenvalue weighted by atomic mass is 16.5. The van der Waals surface area contributed by atoms with Gasteiger partial charge in [-0.2, -0.15) is 0 Å². The lowest BCUT2D eigenvalue weighted by atomic mass is 9.99. The van der Waals surface area contributed by atoms with E-state index in [-0.39, 0.29) is 0 Å². The molecule has 0 bridgehead atoms. The van der Waals surface area contributed by atoms with Gasteiger partial charge in [-0.1, -0.05) is 32.0 Å². The molecule has 1 rings (SSSR count).